The van der Waals surface area contributed by atoms with Crippen LogP contribution in [0.25, 0.3) is 42.3 Å². The third kappa shape index (κ3) is 4.32. The molecule has 0 aliphatic heterocycles. The van der Waals surface area contributed by atoms with Gasteiger partial charge in [0.1, 0.15) is 6.33 Å². The van der Waals surface area contributed by atoms with E-state index in [0.717, 1.165) is 11.2 Å². The van der Waals surface area contributed by atoms with Gasteiger partial charge in [-0.05, 0) is 50.9 Å². The molecule has 0 saturated carbocycles. The molecule has 5 aromatic rings. The summed E-state index contributed by atoms with van der Waals surface area (Å²) in [6.07, 6.45) is 1.74. The summed E-state index contributed by atoms with van der Waals surface area (Å²) in [5.74, 6) is 0. The van der Waals surface area contributed by atoms with Crippen LogP contribution in [0.4, 0.5) is 0 Å². The van der Waals surface area contributed by atoms with E-state index in [9.17, 15) is 0 Å². The lowest BCUT2D eigenvalue weighted by Gasteiger charge is -2.24. The molecule has 0 N–H and O–H groups in total. The van der Waals surface area contributed by atoms with Crippen molar-refractivity contribution in [1.29, 1.82) is 0 Å². The van der Waals surface area contributed by atoms with Gasteiger partial charge in [0.15, 0.2) is 0 Å². The maximum absolute atomic E-state index is 4.85. The normalized spacial score (nSPS) is 13.3. The Balaban J connectivity index is 1.80. The topological polar surface area (TPSA) is 25.8 Å². The molecule has 35 heavy (non-hydrogen) atoms. The molecule has 0 amide bonds. The molecule has 0 bridgehead atoms. The molecule has 0 saturated heterocycles. The summed E-state index contributed by atoms with van der Waals surface area (Å²) in [7, 11) is -1.42. The summed E-state index contributed by atoms with van der Waals surface area (Å²) in [5.41, 5.74) is 6.16. The zero-order chi connectivity index (χ0) is 25.3. The fourth-order valence-corrected chi connectivity index (χ4v) is 7.22. The number of hydrogen-bond acceptors (Lipinski definition) is 3. The molecule has 0 unspecified atom stereocenters. The molecule has 3 aromatic carbocycles. The van der Waals surface area contributed by atoms with E-state index in [0.29, 0.717) is 0 Å². The molecule has 0 aliphatic rings. The maximum Gasteiger partial charge on any atom is 0.116 e. The number of hydrogen-bond donors (Lipinski definition) is 0. The standard InChI is InChI=1S/C31H36N2SSi/c1-30(2,3)21-10-12-24-26(17-21)34-29-27(32-18-33-28(24)29)20-14-19-15-22(35(7,8)9)11-13-23(19)25(16-20)31(4,5)6/h10-18H,1-9H3. The lowest BCUT2D eigenvalue weighted by molar-refractivity contribution is 0.591. The molecule has 0 radical (unpaired) electrons. The van der Waals surface area contributed by atoms with Gasteiger partial charge in [0.2, 0.25) is 0 Å². The lowest BCUT2D eigenvalue weighted by Crippen LogP contribution is -2.37. The summed E-state index contributed by atoms with van der Waals surface area (Å²) in [6, 6.07) is 18.7. The molecule has 2 nitrogen and oxygen atoms in total. The molecule has 0 spiro atoms. The van der Waals surface area contributed by atoms with Crippen LogP contribution in [0.3, 0.4) is 0 Å². The van der Waals surface area contributed by atoms with Crippen LogP contribution in [0.2, 0.25) is 19.6 Å². The monoisotopic (exact) mass is 496 g/mol. The molecule has 2 aromatic heterocycles. The van der Waals surface area contributed by atoms with E-state index in [-0.39, 0.29) is 10.8 Å². The Hall–Kier alpha value is -2.56. The average molecular weight is 497 g/mol. The highest BCUT2D eigenvalue weighted by Crippen LogP contribution is 2.41. The third-order valence-electron chi connectivity index (χ3n) is 7.02. The highest BCUT2D eigenvalue weighted by Gasteiger charge is 2.23. The molecular weight excluding hydrogens is 461 g/mol. The Morgan fingerprint density at radius 3 is 2.11 bits per heavy atom. The molecule has 4 heteroatoms. The number of fused-ring (bicyclic) bond motifs is 4. The van der Waals surface area contributed by atoms with Crippen molar-refractivity contribution >= 4 is 55.7 Å². The fraction of sp³-hybridized carbons (Fsp3) is 0.355. The summed E-state index contributed by atoms with van der Waals surface area (Å²) < 4.78 is 2.46. The minimum atomic E-state index is -1.42. The third-order valence-corrected chi connectivity index (χ3v) is 10.2. The van der Waals surface area contributed by atoms with Gasteiger partial charge in [0.05, 0.1) is 24.0 Å². The highest BCUT2D eigenvalue weighted by atomic mass is 32.1. The molecule has 5 rings (SSSR count). The van der Waals surface area contributed by atoms with Crippen LogP contribution in [-0.4, -0.2) is 18.0 Å². The van der Waals surface area contributed by atoms with Crippen molar-refractivity contribution in [2.75, 3.05) is 0 Å². The molecule has 0 fully saturated rings. The zero-order valence-corrected chi connectivity index (χ0v) is 24.3. The summed E-state index contributed by atoms with van der Waals surface area (Å²) in [6.45, 7) is 21.0. The van der Waals surface area contributed by atoms with Crippen LogP contribution in [0.1, 0.15) is 52.7 Å². The van der Waals surface area contributed by atoms with Gasteiger partial charge in [0, 0.05) is 15.6 Å². The second kappa shape index (κ2) is 7.97. The quantitative estimate of drug-likeness (QED) is 0.228. The Bertz CT molecular complexity index is 1590. The Morgan fingerprint density at radius 1 is 0.743 bits per heavy atom. The Morgan fingerprint density at radius 2 is 1.46 bits per heavy atom. The summed E-state index contributed by atoms with van der Waals surface area (Å²) in [5, 5.41) is 5.38. The van der Waals surface area contributed by atoms with E-state index >= 15 is 0 Å². The highest BCUT2D eigenvalue weighted by molar-refractivity contribution is 7.26. The van der Waals surface area contributed by atoms with E-state index in [2.05, 4.69) is 110 Å². The van der Waals surface area contributed by atoms with Crippen LogP contribution >= 0.6 is 11.3 Å². The van der Waals surface area contributed by atoms with E-state index in [1.165, 1.54) is 47.4 Å². The van der Waals surface area contributed by atoms with Crippen LogP contribution in [0.5, 0.6) is 0 Å². The summed E-state index contributed by atoms with van der Waals surface area (Å²) >= 11 is 1.82. The van der Waals surface area contributed by atoms with Gasteiger partial charge in [-0.2, -0.15) is 0 Å². The van der Waals surface area contributed by atoms with Crippen molar-refractivity contribution in [1.82, 2.24) is 9.97 Å². The summed E-state index contributed by atoms with van der Waals surface area (Å²) in [4.78, 5) is 9.58. The molecule has 2 heterocycles. The van der Waals surface area contributed by atoms with Gasteiger partial charge in [-0.1, -0.05) is 96.7 Å². The van der Waals surface area contributed by atoms with Crippen LogP contribution < -0.4 is 5.19 Å². The number of rotatable bonds is 2. The first-order valence-corrected chi connectivity index (χ1v) is 16.8. The van der Waals surface area contributed by atoms with Crippen molar-refractivity contribution in [2.45, 2.75) is 72.0 Å². The van der Waals surface area contributed by atoms with E-state index < -0.39 is 8.07 Å². The van der Waals surface area contributed by atoms with E-state index in [4.69, 9.17) is 9.97 Å². The predicted octanol–water partition coefficient (Wildman–Crippen LogP) is 8.80. The molecule has 0 aliphatic carbocycles. The lowest BCUT2D eigenvalue weighted by atomic mass is 9.82. The smallest absolute Gasteiger partial charge is 0.116 e. The van der Waals surface area contributed by atoms with E-state index in [1.807, 2.05) is 11.3 Å². The SMILES string of the molecule is CC(C)(C)c1ccc2c(c1)sc1c(-c3cc(C(C)(C)C)c4ccc([Si](C)(C)C)cc4c3)ncnc12. The minimum Gasteiger partial charge on any atom is -0.235 e. The second-order valence-corrected chi connectivity index (χ2v) is 19.1. The zero-order valence-electron chi connectivity index (χ0n) is 22.5. The van der Waals surface area contributed by atoms with Crippen LogP contribution in [-0.2, 0) is 10.8 Å². The maximum atomic E-state index is 4.85. The first-order chi connectivity index (χ1) is 16.2. The predicted molar refractivity (Wildman–Crippen MR) is 158 cm³/mol. The van der Waals surface area contributed by atoms with Crippen molar-refractivity contribution in [2.24, 2.45) is 0 Å². The van der Waals surface area contributed by atoms with Crippen molar-refractivity contribution < 1.29 is 0 Å². The molecular formula is C31H36N2SSi. The van der Waals surface area contributed by atoms with Crippen LogP contribution in [0, 0.1) is 0 Å². The van der Waals surface area contributed by atoms with Gasteiger partial charge in [-0.25, -0.2) is 9.97 Å². The minimum absolute atomic E-state index is 0.0306. The number of nitrogens with zero attached hydrogens (tertiary/aromatic N) is 2. The van der Waals surface area contributed by atoms with Gasteiger partial charge in [0.25, 0.3) is 0 Å². The Labute approximate surface area is 214 Å². The molecule has 0 atom stereocenters. The number of aromatic nitrogens is 2. The largest absolute Gasteiger partial charge is 0.235 e. The first kappa shape index (κ1) is 24.1. The van der Waals surface area contributed by atoms with Gasteiger partial charge >= 0.3 is 0 Å². The Kier molecular flexibility index (Phi) is 5.50. The first-order valence-electron chi connectivity index (χ1n) is 12.5. The van der Waals surface area contributed by atoms with Gasteiger partial charge in [-0.3, -0.25) is 0 Å². The number of benzene rings is 3. The van der Waals surface area contributed by atoms with Gasteiger partial charge < -0.3 is 0 Å². The second-order valence-electron chi connectivity index (χ2n) is 12.9. The van der Waals surface area contributed by atoms with E-state index in [1.54, 1.807) is 6.33 Å². The average Bonchev–Trinajstić information content (AvgIpc) is 3.14. The fourth-order valence-electron chi connectivity index (χ4n) is 4.84. The van der Waals surface area contributed by atoms with Crippen molar-refractivity contribution in [3.8, 4) is 11.3 Å². The van der Waals surface area contributed by atoms with Gasteiger partial charge in [-0.15, -0.1) is 11.3 Å². The molecule has 180 valence electrons. The number of thiophene rings is 1. The van der Waals surface area contributed by atoms with Crippen molar-refractivity contribution in [3.63, 3.8) is 0 Å². The van der Waals surface area contributed by atoms with Crippen LogP contribution in [0.15, 0.2) is 54.9 Å². The van der Waals surface area contributed by atoms with Crippen molar-refractivity contribution in [3.05, 3.63) is 66.0 Å².